The van der Waals surface area contributed by atoms with Crippen molar-refractivity contribution in [3.8, 4) is 11.8 Å². The molecule has 2 nitrogen and oxygen atoms in total. The van der Waals surface area contributed by atoms with Crippen molar-refractivity contribution in [2.45, 2.75) is 20.3 Å². The molecule has 0 radical (unpaired) electrons. The summed E-state index contributed by atoms with van der Waals surface area (Å²) in [6, 6.07) is 0. The van der Waals surface area contributed by atoms with Crippen molar-refractivity contribution >= 4 is 5.91 Å². The molecule has 0 aromatic heterocycles. The lowest BCUT2D eigenvalue weighted by Gasteiger charge is -1.89. The van der Waals surface area contributed by atoms with Gasteiger partial charge in [0.2, 0.25) is 5.91 Å². The minimum Gasteiger partial charge on any atom is -0.345 e. The summed E-state index contributed by atoms with van der Waals surface area (Å²) in [6.07, 6.45) is 0.847. The standard InChI is InChI=1S/C7H11NO/c1-3-4-5-6-8-7(2)9/h3,6H2,1-2H3,(H,8,9). The molecule has 0 aliphatic rings. The Labute approximate surface area is 55.6 Å². The summed E-state index contributed by atoms with van der Waals surface area (Å²) in [5.41, 5.74) is 0. The molecular weight excluding hydrogens is 114 g/mol. The number of carbonyl (C=O) groups excluding carboxylic acids is 1. The zero-order valence-electron chi connectivity index (χ0n) is 5.82. The Bertz CT molecular complexity index is 141. The highest BCUT2D eigenvalue weighted by Gasteiger charge is 1.82. The van der Waals surface area contributed by atoms with E-state index in [-0.39, 0.29) is 5.91 Å². The van der Waals surface area contributed by atoms with Crippen LogP contribution in [0.3, 0.4) is 0 Å². The molecule has 0 fully saturated rings. The third-order valence-electron chi connectivity index (χ3n) is 0.727. The smallest absolute Gasteiger partial charge is 0.217 e. The van der Waals surface area contributed by atoms with Crippen LogP contribution in [0.5, 0.6) is 0 Å². The van der Waals surface area contributed by atoms with Crippen LogP contribution in [0.4, 0.5) is 0 Å². The lowest BCUT2D eigenvalue weighted by atomic mass is 10.4. The average Bonchev–Trinajstić information content (AvgIpc) is 1.80. The minimum absolute atomic E-state index is 0.0274. The zero-order valence-corrected chi connectivity index (χ0v) is 5.82. The Hall–Kier alpha value is -0.970. The average molecular weight is 125 g/mol. The van der Waals surface area contributed by atoms with E-state index < -0.39 is 0 Å². The molecule has 0 atom stereocenters. The molecule has 0 heterocycles. The fourth-order valence-electron chi connectivity index (χ4n) is 0.356. The second-order valence-electron chi connectivity index (χ2n) is 1.62. The number of carbonyl (C=O) groups is 1. The second kappa shape index (κ2) is 5.17. The van der Waals surface area contributed by atoms with E-state index in [4.69, 9.17) is 0 Å². The highest BCUT2D eigenvalue weighted by atomic mass is 16.1. The van der Waals surface area contributed by atoms with Gasteiger partial charge in [-0.3, -0.25) is 4.79 Å². The van der Waals surface area contributed by atoms with Crippen LogP contribution < -0.4 is 5.32 Å². The van der Waals surface area contributed by atoms with E-state index in [1.54, 1.807) is 0 Å². The fraction of sp³-hybridized carbons (Fsp3) is 0.571. The summed E-state index contributed by atoms with van der Waals surface area (Å²) in [5.74, 6) is 5.60. The van der Waals surface area contributed by atoms with E-state index >= 15 is 0 Å². The quantitative estimate of drug-likeness (QED) is 0.509. The molecule has 0 saturated carbocycles. The predicted molar refractivity (Wildman–Crippen MR) is 36.8 cm³/mol. The van der Waals surface area contributed by atoms with Gasteiger partial charge in [0, 0.05) is 13.3 Å². The van der Waals surface area contributed by atoms with Crippen LogP contribution in [0.25, 0.3) is 0 Å². The number of hydrogen-bond acceptors (Lipinski definition) is 1. The molecule has 1 amide bonds. The van der Waals surface area contributed by atoms with E-state index in [0.29, 0.717) is 6.54 Å². The van der Waals surface area contributed by atoms with E-state index in [2.05, 4.69) is 17.2 Å². The van der Waals surface area contributed by atoms with Gasteiger partial charge in [0.05, 0.1) is 6.54 Å². The largest absolute Gasteiger partial charge is 0.345 e. The Balaban J connectivity index is 3.19. The van der Waals surface area contributed by atoms with Gasteiger partial charge in [-0.05, 0) is 0 Å². The molecule has 0 aliphatic heterocycles. The maximum atomic E-state index is 10.2. The molecule has 0 spiro atoms. The normalized spacial score (nSPS) is 7.33. The molecule has 0 bridgehead atoms. The third kappa shape index (κ3) is 7.03. The fourth-order valence-corrected chi connectivity index (χ4v) is 0.356. The first-order valence-corrected chi connectivity index (χ1v) is 2.97. The Kier molecular flexibility index (Phi) is 4.61. The van der Waals surface area contributed by atoms with Crippen molar-refractivity contribution in [1.29, 1.82) is 0 Å². The van der Waals surface area contributed by atoms with Crippen LogP contribution in [0, 0.1) is 11.8 Å². The highest BCUT2D eigenvalue weighted by molar-refractivity contribution is 5.73. The minimum atomic E-state index is -0.0274. The van der Waals surface area contributed by atoms with Gasteiger partial charge in [0.25, 0.3) is 0 Å². The molecule has 1 N–H and O–H groups in total. The van der Waals surface area contributed by atoms with Crippen LogP contribution >= 0.6 is 0 Å². The summed E-state index contributed by atoms with van der Waals surface area (Å²) >= 11 is 0. The Morgan fingerprint density at radius 3 is 2.67 bits per heavy atom. The number of hydrogen-bond donors (Lipinski definition) is 1. The summed E-state index contributed by atoms with van der Waals surface area (Å²) in [4.78, 5) is 10.2. The molecule has 2 heteroatoms. The number of rotatable bonds is 1. The maximum Gasteiger partial charge on any atom is 0.217 e. The van der Waals surface area contributed by atoms with Gasteiger partial charge < -0.3 is 5.32 Å². The van der Waals surface area contributed by atoms with Gasteiger partial charge in [-0.15, -0.1) is 5.92 Å². The van der Waals surface area contributed by atoms with Crippen molar-refractivity contribution in [2.24, 2.45) is 0 Å². The van der Waals surface area contributed by atoms with Gasteiger partial charge in [-0.25, -0.2) is 0 Å². The summed E-state index contributed by atoms with van der Waals surface area (Å²) in [7, 11) is 0. The third-order valence-corrected chi connectivity index (χ3v) is 0.727. The molecule has 0 saturated heterocycles. The van der Waals surface area contributed by atoms with Gasteiger partial charge in [0.15, 0.2) is 0 Å². The first-order valence-electron chi connectivity index (χ1n) is 2.97. The zero-order chi connectivity index (χ0) is 7.11. The van der Waals surface area contributed by atoms with Crippen molar-refractivity contribution in [3.05, 3.63) is 0 Å². The van der Waals surface area contributed by atoms with Gasteiger partial charge in [-0.1, -0.05) is 12.8 Å². The first-order chi connectivity index (χ1) is 4.27. The van der Waals surface area contributed by atoms with E-state index in [1.807, 2.05) is 6.92 Å². The topological polar surface area (TPSA) is 29.1 Å². The second-order valence-corrected chi connectivity index (χ2v) is 1.62. The molecule has 0 unspecified atom stereocenters. The van der Waals surface area contributed by atoms with E-state index in [0.717, 1.165) is 6.42 Å². The lowest BCUT2D eigenvalue weighted by Crippen LogP contribution is -2.19. The van der Waals surface area contributed by atoms with E-state index in [1.165, 1.54) is 6.92 Å². The molecule has 0 rings (SSSR count). The first kappa shape index (κ1) is 8.03. The van der Waals surface area contributed by atoms with Crippen molar-refractivity contribution in [1.82, 2.24) is 5.32 Å². The maximum absolute atomic E-state index is 10.2. The van der Waals surface area contributed by atoms with Crippen molar-refractivity contribution in [2.75, 3.05) is 6.54 Å². The monoisotopic (exact) mass is 125 g/mol. The van der Waals surface area contributed by atoms with Crippen LogP contribution in [0.1, 0.15) is 20.3 Å². The van der Waals surface area contributed by atoms with Gasteiger partial charge in [0.1, 0.15) is 0 Å². The summed E-state index contributed by atoms with van der Waals surface area (Å²) < 4.78 is 0. The predicted octanol–water partition coefficient (Wildman–Crippen LogP) is 0.536. The van der Waals surface area contributed by atoms with E-state index in [9.17, 15) is 4.79 Å². The van der Waals surface area contributed by atoms with Crippen LogP contribution in [0.15, 0.2) is 0 Å². The van der Waals surface area contributed by atoms with Crippen molar-refractivity contribution in [3.63, 3.8) is 0 Å². The van der Waals surface area contributed by atoms with Crippen LogP contribution in [0.2, 0.25) is 0 Å². The van der Waals surface area contributed by atoms with Gasteiger partial charge >= 0.3 is 0 Å². The molecule has 0 aromatic carbocycles. The van der Waals surface area contributed by atoms with Gasteiger partial charge in [-0.2, -0.15) is 0 Å². The summed E-state index contributed by atoms with van der Waals surface area (Å²) in [5, 5.41) is 2.57. The van der Waals surface area contributed by atoms with Crippen LogP contribution in [-0.2, 0) is 4.79 Å². The Morgan fingerprint density at radius 2 is 2.22 bits per heavy atom. The number of nitrogens with one attached hydrogen (secondary N) is 1. The lowest BCUT2D eigenvalue weighted by molar-refractivity contribution is -0.118. The molecule has 9 heavy (non-hydrogen) atoms. The SMILES string of the molecule is CCC#CCNC(C)=O. The highest BCUT2D eigenvalue weighted by Crippen LogP contribution is 1.65. The van der Waals surface area contributed by atoms with Crippen molar-refractivity contribution < 1.29 is 4.79 Å². The molecule has 0 aromatic rings. The number of amides is 1. The van der Waals surface area contributed by atoms with Crippen LogP contribution in [-0.4, -0.2) is 12.5 Å². The summed E-state index contributed by atoms with van der Waals surface area (Å²) in [6.45, 7) is 3.93. The molecular formula is C7H11NO. The Morgan fingerprint density at radius 1 is 1.56 bits per heavy atom. The molecule has 50 valence electrons. The molecule has 0 aliphatic carbocycles.